The van der Waals surface area contributed by atoms with E-state index in [0.29, 0.717) is 28.3 Å². The van der Waals surface area contributed by atoms with Crippen LogP contribution in [0.5, 0.6) is 17.4 Å². The van der Waals surface area contributed by atoms with E-state index in [1.165, 1.54) is 13.3 Å². The van der Waals surface area contributed by atoms with E-state index < -0.39 is 5.54 Å². The molecule has 11 nitrogen and oxygen atoms in total. The first-order valence-corrected chi connectivity index (χ1v) is 14.4. The minimum Gasteiger partial charge on any atom is -0.495 e. The van der Waals surface area contributed by atoms with E-state index in [2.05, 4.69) is 25.5 Å². The summed E-state index contributed by atoms with van der Waals surface area (Å²) in [4.78, 5) is 39.0. The highest BCUT2D eigenvalue weighted by molar-refractivity contribution is 6.31. The molecule has 3 aromatic rings. The van der Waals surface area contributed by atoms with Gasteiger partial charge >= 0.3 is 0 Å². The van der Waals surface area contributed by atoms with Gasteiger partial charge in [0, 0.05) is 26.3 Å². The van der Waals surface area contributed by atoms with Gasteiger partial charge in [-0.2, -0.15) is 4.98 Å². The highest BCUT2D eigenvalue weighted by Gasteiger charge is 2.42. The fourth-order valence-corrected chi connectivity index (χ4v) is 5.71. The first kappa shape index (κ1) is 30.5. The minimum absolute atomic E-state index is 0.0882. The maximum atomic E-state index is 13.3. The van der Waals surface area contributed by atoms with Crippen molar-refractivity contribution < 1.29 is 23.8 Å². The highest BCUT2D eigenvalue weighted by atomic mass is 35.5. The largest absolute Gasteiger partial charge is 0.495 e. The number of anilines is 2. The Morgan fingerprint density at radius 3 is 2.65 bits per heavy atom. The molecule has 2 aromatic carbocycles. The molecule has 0 saturated carbocycles. The zero-order valence-corrected chi connectivity index (χ0v) is 26.2. The molecule has 228 valence electrons. The number of carbonyl (C=O) groups is 2. The summed E-state index contributed by atoms with van der Waals surface area (Å²) in [6.45, 7) is 7.44. The van der Waals surface area contributed by atoms with Gasteiger partial charge < -0.3 is 34.6 Å². The monoisotopic (exact) mass is 608 g/mol. The Balaban J connectivity index is 1.37. The number of ether oxygens (including phenoxy) is 3. The van der Waals surface area contributed by atoms with E-state index >= 15 is 0 Å². The molecular weight excluding hydrogens is 572 g/mol. The first-order chi connectivity index (χ1) is 20.4. The molecule has 5 rings (SSSR count). The van der Waals surface area contributed by atoms with Crippen molar-refractivity contribution in [3.63, 3.8) is 0 Å². The summed E-state index contributed by atoms with van der Waals surface area (Å²) in [5.74, 6) is 0.731. The number of nitrogens with zero attached hydrogens (tertiary/aromatic N) is 4. The van der Waals surface area contributed by atoms with Gasteiger partial charge in [-0.15, -0.1) is 0 Å². The van der Waals surface area contributed by atoms with E-state index in [-0.39, 0.29) is 40.8 Å². The van der Waals surface area contributed by atoms with E-state index in [1.54, 1.807) is 37.3 Å². The summed E-state index contributed by atoms with van der Waals surface area (Å²) in [5.41, 5.74) is 2.63. The molecule has 1 fully saturated rings. The minimum atomic E-state index is -0.482. The fourth-order valence-electron chi connectivity index (χ4n) is 5.58. The predicted octanol–water partition coefficient (Wildman–Crippen LogP) is 4.75. The molecule has 1 saturated heterocycles. The van der Waals surface area contributed by atoms with Gasteiger partial charge in [0.2, 0.25) is 11.8 Å². The Bertz CT molecular complexity index is 1560. The number of methoxy groups -OCH3 is 2. The van der Waals surface area contributed by atoms with Crippen molar-refractivity contribution in [2.24, 2.45) is 0 Å². The Morgan fingerprint density at radius 2 is 1.93 bits per heavy atom. The zero-order valence-electron chi connectivity index (χ0n) is 25.4. The van der Waals surface area contributed by atoms with Crippen LogP contribution in [0.3, 0.4) is 0 Å². The van der Waals surface area contributed by atoms with Crippen molar-refractivity contribution in [1.29, 1.82) is 0 Å². The van der Waals surface area contributed by atoms with E-state index in [4.69, 9.17) is 25.8 Å². The van der Waals surface area contributed by atoms with Crippen LogP contribution in [0.2, 0.25) is 5.02 Å². The molecule has 0 unspecified atom stereocenters. The molecule has 0 bridgehead atoms. The number of amides is 2. The number of fused-ring (bicyclic) bond motifs is 1. The molecular formula is C31H37ClN6O5. The molecule has 2 N–H and O–H groups in total. The lowest BCUT2D eigenvalue weighted by Gasteiger charge is -2.36. The van der Waals surface area contributed by atoms with E-state index in [9.17, 15) is 9.59 Å². The molecule has 3 heterocycles. The number of benzene rings is 2. The van der Waals surface area contributed by atoms with Gasteiger partial charge in [0.1, 0.15) is 16.5 Å². The number of piperidine rings is 1. The summed E-state index contributed by atoms with van der Waals surface area (Å²) in [6, 6.07) is 8.87. The average Bonchev–Trinajstić information content (AvgIpc) is 3.16. The van der Waals surface area contributed by atoms with Crippen molar-refractivity contribution in [1.82, 2.24) is 25.1 Å². The number of aromatic nitrogens is 2. The normalized spacial score (nSPS) is 19.6. The van der Waals surface area contributed by atoms with Crippen LogP contribution in [0.25, 0.3) is 0 Å². The van der Waals surface area contributed by atoms with Crippen LogP contribution in [0.4, 0.5) is 11.6 Å². The number of hydrogen-bond donors (Lipinski definition) is 2. The lowest BCUT2D eigenvalue weighted by atomic mass is 9.94. The molecule has 0 spiro atoms. The third kappa shape index (κ3) is 5.84. The maximum absolute atomic E-state index is 13.3. The topological polar surface area (TPSA) is 118 Å². The van der Waals surface area contributed by atoms with Crippen molar-refractivity contribution >= 4 is 35.1 Å². The second-order valence-electron chi connectivity index (χ2n) is 11.4. The third-order valence-electron chi connectivity index (χ3n) is 8.38. The summed E-state index contributed by atoms with van der Waals surface area (Å²) in [5, 5.41) is 6.46. The van der Waals surface area contributed by atoms with E-state index in [1.807, 2.05) is 40.0 Å². The van der Waals surface area contributed by atoms with Crippen LogP contribution in [-0.4, -0.2) is 85.1 Å². The van der Waals surface area contributed by atoms with Crippen LogP contribution in [-0.2, 0) is 10.3 Å². The summed E-state index contributed by atoms with van der Waals surface area (Å²) < 4.78 is 17.3. The Morgan fingerprint density at radius 1 is 1.16 bits per heavy atom. The fraction of sp³-hybridized carbons (Fsp3) is 0.419. The first-order valence-electron chi connectivity index (χ1n) is 14.0. The number of hydrogen-bond acceptors (Lipinski definition) is 9. The van der Waals surface area contributed by atoms with Crippen LogP contribution in [0.1, 0.15) is 52.1 Å². The highest BCUT2D eigenvalue weighted by Crippen LogP contribution is 2.43. The average molecular weight is 609 g/mol. The van der Waals surface area contributed by atoms with Crippen molar-refractivity contribution in [3.05, 3.63) is 63.8 Å². The molecule has 2 amide bonds. The third-order valence-corrected chi connectivity index (χ3v) is 8.64. The maximum Gasteiger partial charge on any atom is 0.258 e. The number of likely N-dealkylation sites (tertiary alicyclic amines) is 1. The second kappa shape index (κ2) is 12.0. The van der Waals surface area contributed by atoms with Gasteiger partial charge in [0.25, 0.3) is 11.8 Å². The molecule has 43 heavy (non-hydrogen) atoms. The predicted molar refractivity (Wildman–Crippen MR) is 164 cm³/mol. The number of nitrogens with one attached hydrogen (secondary N) is 2. The lowest BCUT2D eigenvalue weighted by molar-refractivity contribution is 0.0142. The number of carbonyl (C=O) groups excluding carboxylic acids is 2. The lowest BCUT2D eigenvalue weighted by Crippen LogP contribution is -2.53. The smallest absolute Gasteiger partial charge is 0.258 e. The van der Waals surface area contributed by atoms with Gasteiger partial charge in [0.15, 0.2) is 0 Å². The van der Waals surface area contributed by atoms with Gasteiger partial charge in [-0.1, -0.05) is 23.7 Å². The Kier molecular flexibility index (Phi) is 8.51. The van der Waals surface area contributed by atoms with Crippen LogP contribution in [0.15, 0.2) is 36.5 Å². The Hall–Kier alpha value is -3.93. The van der Waals surface area contributed by atoms with Gasteiger partial charge in [-0.25, -0.2) is 4.98 Å². The van der Waals surface area contributed by atoms with Crippen LogP contribution in [0, 0.1) is 6.92 Å². The SMILES string of the molecule is COc1cc(C(=O)N[C@@H]2CCN(C)C[C@H]2OC)c(C)cc1Nc1ncc(Cl)c(Oc2cccc3c2C(=O)N(C)C3(C)C)n1. The summed E-state index contributed by atoms with van der Waals surface area (Å²) >= 11 is 6.42. The number of halogens is 1. The van der Waals surface area contributed by atoms with Gasteiger partial charge in [-0.05, 0) is 70.1 Å². The molecule has 2 aliphatic rings. The molecule has 1 aromatic heterocycles. The quantitative estimate of drug-likeness (QED) is 0.373. The van der Waals surface area contributed by atoms with E-state index in [0.717, 1.165) is 30.6 Å². The summed E-state index contributed by atoms with van der Waals surface area (Å²) in [7, 11) is 7.00. The summed E-state index contributed by atoms with van der Waals surface area (Å²) in [6.07, 6.45) is 2.12. The number of rotatable bonds is 8. The molecule has 0 radical (unpaired) electrons. The standard InChI is InChI=1S/C31H37ClN6O5/c1-17-13-22(24(41-6)14-18(17)27(39)34-21-11-12-37(4)16-25(21)42-7)35-30-33-15-20(32)28(36-30)43-23-10-8-9-19-26(23)29(40)38(5)31(19,2)3/h8-10,13-15,21,25H,11-12,16H2,1-7H3,(H,34,39)(H,33,35,36)/t21-,25-/m1/s1. The Labute approximate surface area is 256 Å². The number of likely N-dealkylation sites (N-methyl/N-ethyl adjacent to an activating group) is 1. The molecule has 2 atom stereocenters. The number of aryl methyl sites for hydroxylation is 1. The molecule has 2 aliphatic heterocycles. The zero-order chi connectivity index (χ0) is 31.1. The van der Waals surface area contributed by atoms with Gasteiger partial charge in [-0.3, -0.25) is 9.59 Å². The molecule has 0 aliphatic carbocycles. The van der Waals surface area contributed by atoms with Crippen molar-refractivity contribution in [3.8, 4) is 17.4 Å². The van der Waals surface area contributed by atoms with Crippen LogP contribution >= 0.6 is 11.6 Å². The molecule has 12 heteroatoms. The van der Waals surface area contributed by atoms with Crippen LogP contribution < -0.4 is 20.1 Å². The second-order valence-corrected chi connectivity index (χ2v) is 11.9. The van der Waals surface area contributed by atoms with Crippen molar-refractivity contribution in [2.45, 2.75) is 44.9 Å². The van der Waals surface area contributed by atoms with Crippen molar-refractivity contribution in [2.75, 3.05) is 46.7 Å². The van der Waals surface area contributed by atoms with Gasteiger partial charge in [0.05, 0.1) is 42.2 Å².